The molecule has 24 heavy (non-hydrogen) atoms. The van der Waals surface area contributed by atoms with Gasteiger partial charge >= 0.3 is 5.97 Å². The molecule has 0 unspecified atom stereocenters. The van der Waals surface area contributed by atoms with Crippen LogP contribution in [0, 0.1) is 0 Å². The number of aliphatic carboxylic acids is 1. The van der Waals surface area contributed by atoms with Crippen LogP contribution in [0.1, 0.15) is 51.4 Å². The number of H-pyrrole nitrogens is 1. The van der Waals surface area contributed by atoms with Crippen molar-refractivity contribution in [2.45, 2.75) is 51.4 Å². The molecule has 0 saturated carbocycles. The number of nitrogens with zero attached hydrogens (tertiary/aromatic N) is 2. The van der Waals surface area contributed by atoms with Crippen LogP contribution in [0.5, 0.6) is 5.75 Å². The van der Waals surface area contributed by atoms with Gasteiger partial charge in [0.05, 0.1) is 24.2 Å². The summed E-state index contributed by atoms with van der Waals surface area (Å²) >= 11 is 0. The van der Waals surface area contributed by atoms with E-state index < -0.39 is 5.97 Å². The molecule has 0 aliphatic heterocycles. The average molecular weight is 331 g/mol. The second kappa shape index (κ2) is 10.4. The van der Waals surface area contributed by atoms with Gasteiger partial charge in [0, 0.05) is 12.6 Å². The van der Waals surface area contributed by atoms with E-state index in [-0.39, 0.29) is 0 Å². The van der Waals surface area contributed by atoms with E-state index in [1.165, 1.54) is 12.8 Å². The lowest BCUT2D eigenvalue weighted by Crippen LogP contribution is -1.98. The number of carboxylic acids is 1. The van der Waals surface area contributed by atoms with E-state index in [1.807, 2.05) is 18.2 Å². The van der Waals surface area contributed by atoms with Crippen LogP contribution in [0.4, 0.5) is 0 Å². The van der Waals surface area contributed by atoms with Crippen molar-refractivity contribution in [3.63, 3.8) is 0 Å². The molecule has 0 atom stereocenters. The minimum absolute atomic E-state index is 0.293. The van der Waals surface area contributed by atoms with Gasteiger partial charge in [0.25, 0.3) is 0 Å². The van der Waals surface area contributed by atoms with Gasteiger partial charge in [-0.2, -0.15) is 5.10 Å². The maximum atomic E-state index is 10.4. The van der Waals surface area contributed by atoms with Gasteiger partial charge in [-0.1, -0.05) is 32.1 Å². The number of unbranched alkanes of at least 4 members (excludes halogenated alkanes) is 6. The number of pyridine rings is 1. The second-order valence-corrected chi connectivity index (χ2v) is 5.82. The summed E-state index contributed by atoms with van der Waals surface area (Å²) in [5.41, 5.74) is 1.74. The largest absolute Gasteiger partial charge is 0.492 e. The van der Waals surface area contributed by atoms with Crippen molar-refractivity contribution in [1.29, 1.82) is 0 Å². The van der Waals surface area contributed by atoms with Gasteiger partial charge in [-0.15, -0.1) is 0 Å². The van der Waals surface area contributed by atoms with Gasteiger partial charge in [0.15, 0.2) is 0 Å². The number of carboxylic acid groups (broad SMARTS) is 1. The van der Waals surface area contributed by atoms with Crippen molar-refractivity contribution in [2.24, 2.45) is 0 Å². The van der Waals surface area contributed by atoms with Gasteiger partial charge < -0.3 is 9.84 Å². The highest BCUT2D eigenvalue weighted by molar-refractivity contribution is 5.66. The summed E-state index contributed by atoms with van der Waals surface area (Å²) < 4.78 is 5.70. The first-order valence-corrected chi connectivity index (χ1v) is 8.56. The quantitative estimate of drug-likeness (QED) is 0.573. The van der Waals surface area contributed by atoms with Gasteiger partial charge in [-0.3, -0.25) is 14.9 Å². The molecule has 2 aromatic heterocycles. The normalized spacial score (nSPS) is 10.7. The molecule has 0 bridgehead atoms. The van der Waals surface area contributed by atoms with Crippen molar-refractivity contribution in [1.82, 2.24) is 15.2 Å². The molecule has 0 aliphatic carbocycles. The Balaban J connectivity index is 1.50. The molecule has 2 aromatic rings. The minimum Gasteiger partial charge on any atom is -0.492 e. The van der Waals surface area contributed by atoms with Crippen LogP contribution in [0.3, 0.4) is 0 Å². The zero-order valence-corrected chi connectivity index (χ0v) is 13.9. The van der Waals surface area contributed by atoms with Crippen LogP contribution in [-0.2, 0) is 4.79 Å². The summed E-state index contributed by atoms with van der Waals surface area (Å²) in [6.07, 6.45) is 11.2. The Morgan fingerprint density at radius 1 is 1.04 bits per heavy atom. The van der Waals surface area contributed by atoms with Crippen molar-refractivity contribution >= 4 is 5.97 Å². The SMILES string of the molecule is O=C(O)CCCCCCCCCOc1ccc(-c2ccn[nH]2)nc1. The molecule has 0 amide bonds. The van der Waals surface area contributed by atoms with Crippen LogP contribution in [0.15, 0.2) is 30.6 Å². The number of hydrogen-bond acceptors (Lipinski definition) is 4. The minimum atomic E-state index is -0.695. The Morgan fingerprint density at radius 3 is 2.42 bits per heavy atom. The molecule has 6 nitrogen and oxygen atoms in total. The molecule has 6 heteroatoms. The van der Waals surface area contributed by atoms with E-state index in [2.05, 4.69) is 15.2 Å². The molecule has 130 valence electrons. The fraction of sp³-hybridized carbons (Fsp3) is 0.500. The lowest BCUT2D eigenvalue weighted by molar-refractivity contribution is -0.137. The van der Waals surface area contributed by atoms with Crippen LogP contribution in [0.2, 0.25) is 0 Å². The van der Waals surface area contributed by atoms with E-state index in [9.17, 15) is 4.79 Å². The van der Waals surface area contributed by atoms with Crippen molar-refractivity contribution in [3.8, 4) is 17.1 Å². The van der Waals surface area contributed by atoms with E-state index >= 15 is 0 Å². The Bertz CT molecular complexity index is 582. The zero-order valence-electron chi connectivity index (χ0n) is 13.9. The van der Waals surface area contributed by atoms with E-state index in [4.69, 9.17) is 9.84 Å². The predicted octanol–water partition coefficient (Wildman–Crippen LogP) is 4.06. The number of nitrogens with one attached hydrogen (secondary N) is 1. The number of hydrogen-bond donors (Lipinski definition) is 2. The zero-order chi connectivity index (χ0) is 17.0. The first-order chi connectivity index (χ1) is 11.8. The highest BCUT2D eigenvalue weighted by atomic mass is 16.5. The molecule has 0 aliphatic rings. The molecule has 0 radical (unpaired) electrons. The van der Waals surface area contributed by atoms with E-state index in [0.717, 1.165) is 49.2 Å². The summed E-state index contributed by atoms with van der Waals surface area (Å²) in [4.78, 5) is 14.7. The maximum Gasteiger partial charge on any atom is 0.303 e. The summed E-state index contributed by atoms with van der Waals surface area (Å²) in [5.74, 6) is 0.0890. The number of aromatic amines is 1. The third-order valence-corrected chi connectivity index (χ3v) is 3.82. The lowest BCUT2D eigenvalue weighted by atomic mass is 10.1. The summed E-state index contributed by atoms with van der Waals surface area (Å²) in [5, 5.41) is 15.3. The summed E-state index contributed by atoms with van der Waals surface area (Å²) in [6, 6.07) is 5.72. The summed E-state index contributed by atoms with van der Waals surface area (Å²) in [7, 11) is 0. The van der Waals surface area contributed by atoms with Crippen molar-refractivity contribution in [3.05, 3.63) is 30.6 Å². The van der Waals surface area contributed by atoms with Gasteiger partial charge in [0.2, 0.25) is 0 Å². The van der Waals surface area contributed by atoms with E-state index in [0.29, 0.717) is 13.0 Å². The molecule has 2 heterocycles. The Labute approximate surface area is 142 Å². The lowest BCUT2D eigenvalue weighted by Gasteiger charge is -2.06. The molecule has 0 fully saturated rings. The third kappa shape index (κ3) is 6.81. The first kappa shape index (κ1) is 18.0. The van der Waals surface area contributed by atoms with Crippen LogP contribution >= 0.6 is 0 Å². The average Bonchev–Trinajstić information content (AvgIpc) is 3.11. The fourth-order valence-electron chi connectivity index (χ4n) is 2.48. The molecular formula is C18H25N3O3. The number of carbonyl (C=O) groups is 1. The highest BCUT2D eigenvalue weighted by Gasteiger charge is 2.01. The number of rotatable bonds is 12. The molecule has 2 rings (SSSR count). The monoisotopic (exact) mass is 331 g/mol. The van der Waals surface area contributed by atoms with E-state index in [1.54, 1.807) is 12.4 Å². The standard InChI is InChI=1S/C18H25N3O3/c22-18(23)8-6-4-2-1-3-5-7-13-24-15-9-10-16(19-14-15)17-11-12-20-21-17/h9-12,14H,1-8,13H2,(H,20,21)(H,22,23). The van der Waals surface area contributed by atoms with Crippen LogP contribution < -0.4 is 4.74 Å². The molecule has 2 N–H and O–H groups in total. The Hall–Kier alpha value is -2.37. The summed E-state index contributed by atoms with van der Waals surface area (Å²) in [6.45, 7) is 0.699. The third-order valence-electron chi connectivity index (χ3n) is 3.82. The van der Waals surface area contributed by atoms with Crippen LogP contribution in [-0.4, -0.2) is 32.9 Å². The Kier molecular flexibility index (Phi) is 7.80. The fourth-order valence-corrected chi connectivity index (χ4v) is 2.48. The smallest absolute Gasteiger partial charge is 0.303 e. The second-order valence-electron chi connectivity index (χ2n) is 5.82. The van der Waals surface area contributed by atoms with Gasteiger partial charge in [-0.25, -0.2) is 0 Å². The molecule has 0 saturated heterocycles. The predicted molar refractivity (Wildman–Crippen MR) is 91.9 cm³/mol. The van der Waals surface area contributed by atoms with Crippen LogP contribution in [0.25, 0.3) is 11.4 Å². The number of ether oxygens (including phenoxy) is 1. The molecular weight excluding hydrogens is 306 g/mol. The van der Waals surface area contributed by atoms with Crippen molar-refractivity contribution < 1.29 is 14.6 Å². The van der Waals surface area contributed by atoms with Crippen molar-refractivity contribution in [2.75, 3.05) is 6.61 Å². The molecule has 0 spiro atoms. The maximum absolute atomic E-state index is 10.4. The topological polar surface area (TPSA) is 88.1 Å². The molecule has 0 aromatic carbocycles. The van der Waals surface area contributed by atoms with Gasteiger partial charge in [0.1, 0.15) is 5.75 Å². The number of aromatic nitrogens is 3. The highest BCUT2D eigenvalue weighted by Crippen LogP contribution is 2.17. The first-order valence-electron chi connectivity index (χ1n) is 8.56. The Morgan fingerprint density at radius 2 is 1.79 bits per heavy atom. The van der Waals surface area contributed by atoms with Gasteiger partial charge in [-0.05, 0) is 31.0 Å².